The fourth-order valence-electron chi connectivity index (χ4n) is 2.25. The summed E-state index contributed by atoms with van der Waals surface area (Å²) in [6.07, 6.45) is 0.170. The van der Waals surface area contributed by atoms with Gasteiger partial charge >= 0.3 is 0 Å². The highest BCUT2D eigenvalue weighted by Crippen LogP contribution is 2.25. The van der Waals surface area contributed by atoms with Crippen molar-refractivity contribution >= 4 is 11.0 Å². The summed E-state index contributed by atoms with van der Waals surface area (Å²) in [5.41, 5.74) is 4.32. The van der Waals surface area contributed by atoms with E-state index in [2.05, 4.69) is 29.0 Å². The van der Waals surface area contributed by atoms with Crippen molar-refractivity contribution in [2.45, 2.75) is 26.9 Å². The van der Waals surface area contributed by atoms with Crippen LogP contribution in [0.1, 0.15) is 19.4 Å². The summed E-state index contributed by atoms with van der Waals surface area (Å²) in [6, 6.07) is 14.2. The van der Waals surface area contributed by atoms with Crippen LogP contribution in [0.3, 0.4) is 0 Å². The van der Waals surface area contributed by atoms with E-state index >= 15 is 0 Å². The maximum Gasteiger partial charge on any atom is 0.138 e. The van der Waals surface area contributed by atoms with Gasteiger partial charge in [-0.25, -0.2) is 4.98 Å². The minimum absolute atomic E-state index is 0.170. The zero-order valence-corrected chi connectivity index (χ0v) is 12.0. The van der Waals surface area contributed by atoms with Crippen molar-refractivity contribution < 1.29 is 4.74 Å². The summed E-state index contributed by atoms with van der Waals surface area (Å²) in [4.78, 5) is 8.00. The van der Waals surface area contributed by atoms with Crippen LogP contribution < -0.4 is 4.74 Å². The zero-order chi connectivity index (χ0) is 14.1. The molecular formula is C17H18N2O. The Hall–Kier alpha value is -2.29. The number of fused-ring (bicyclic) bond motifs is 1. The molecule has 3 rings (SSSR count). The van der Waals surface area contributed by atoms with Gasteiger partial charge in [-0.1, -0.05) is 18.2 Å². The van der Waals surface area contributed by atoms with Crippen molar-refractivity contribution in [2.75, 3.05) is 0 Å². The van der Waals surface area contributed by atoms with E-state index < -0.39 is 0 Å². The lowest BCUT2D eigenvalue weighted by Crippen LogP contribution is -2.05. The molecule has 0 aliphatic heterocycles. The summed E-state index contributed by atoms with van der Waals surface area (Å²) >= 11 is 0. The number of hydrogen-bond donors (Lipinski definition) is 1. The maximum atomic E-state index is 5.73. The molecule has 2 aromatic carbocycles. The third-order valence-corrected chi connectivity index (χ3v) is 3.12. The number of nitrogens with one attached hydrogen (secondary N) is 1. The molecule has 102 valence electrons. The van der Waals surface area contributed by atoms with Crippen LogP contribution in [0.4, 0.5) is 0 Å². The Kier molecular flexibility index (Phi) is 3.18. The van der Waals surface area contributed by atoms with E-state index in [1.54, 1.807) is 0 Å². The molecule has 0 spiro atoms. The second kappa shape index (κ2) is 5.00. The smallest absolute Gasteiger partial charge is 0.138 e. The van der Waals surface area contributed by atoms with Crippen molar-refractivity contribution in [2.24, 2.45) is 0 Å². The predicted octanol–water partition coefficient (Wildman–Crippen LogP) is 4.33. The van der Waals surface area contributed by atoms with Crippen LogP contribution in [0.25, 0.3) is 22.4 Å². The summed E-state index contributed by atoms with van der Waals surface area (Å²) in [7, 11) is 0. The second-order valence-electron chi connectivity index (χ2n) is 5.30. The van der Waals surface area contributed by atoms with Crippen molar-refractivity contribution in [1.82, 2.24) is 9.97 Å². The molecule has 0 radical (unpaired) electrons. The Morgan fingerprint density at radius 2 is 1.95 bits per heavy atom. The number of aromatic nitrogens is 2. The van der Waals surface area contributed by atoms with Crippen LogP contribution in [0.15, 0.2) is 42.5 Å². The molecule has 0 saturated heterocycles. The monoisotopic (exact) mass is 266 g/mol. The summed E-state index contributed by atoms with van der Waals surface area (Å²) < 4.78 is 5.73. The molecule has 3 heteroatoms. The topological polar surface area (TPSA) is 37.9 Å². The number of imidazole rings is 1. The number of H-pyrrole nitrogens is 1. The molecule has 20 heavy (non-hydrogen) atoms. The summed E-state index contributed by atoms with van der Waals surface area (Å²) in [5, 5.41) is 0. The third kappa shape index (κ3) is 2.52. The first-order valence-corrected chi connectivity index (χ1v) is 6.85. The molecule has 0 aliphatic rings. The van der Waals surface area contributed by atoms with Crippen LogP contribution >= 0.6 is 0 Å². The summed E-state index contributed by atoms with van der Waals surface area (Å²) in [5.74, 6) is 1.74. The first-order chi connectivity index (χ1) is 9.61. The SMILES string of the molecule is Cc1ccc2nc(-c3cccc(OC(C)C)c3)[nH]c2c1. The Labute approximate surface area is 118 Å². The van der Waals surface area contributed by atoms with Crippen molar-refractivity contribution in [3.63, 3.8) is 0 Å². The highest BCUT2D eigenvalue weighted by Gasteiger charge is 2.07. The number of rotatable bonds is 3. The highest BCUT2D eigenvalue weighted by molar-refractivity contribution is 5.80. The minimum Gasteiger partial charge on any atom is -0.491 e. The van der Waals surface area contributed by atoms with E-state index in [-0.39, 0.29) is 6.10 Å². The van der Waals surface area contributed by atoms with E-state index in [1.807, 2.05) is 44.2 Å². The molecule has 0 unspecified atom stereocenters. The number of hydrogen-bond acceptors (Lipinski definition) is 2. The number of nitrogens with zero attached hydrogens (tertiary/aromatic N) is 1. The van der Waals surface area contributed by atoms with E-state index in [9.17, 15) is 0 Å². The third-order valence-electron chi connectivity index (χ3n) is 3.12. The average Bonchev–Trinajstić information content (AvgIpc) is 2.81. The van der Waals surface area contributed by atoms with E-state index in [1.165, 1.54) is 5.56 Å². The molecule has 0 aliphatic carbocycles. The van der Waals surface area contributed by atoms with Gasteiger partial charge in [0, 0.05) is 5.56 Å². The molecule has 3 nitrogen and oxygen atoms in total. The van der Waals surface area contributed by atoms with Gasteiger partial charge in [0.05, 0.1) is 17.1 Å². The van der Waals surface area contributed by atoms with Gasteiger partial charge in [0.25, 0.3) is 0 Å². The quantitative estimate of drug-likeness (QED) is 0.766. The zero-order valence-electron chi connectivity index (χ0n) is 12.0. The molecule has 0 saturated carbocycles. The van der Waals surface area contributed by atoms with Crippen molar-refractivity contribution in [3.8, 4) is 17.1 Å². The first kappa shape index (κ1) is 12.7. The van der Waals surface area contributed by atoms with E-state index in [0.29, 0.717) is 0 Å². The molecule has 1 heterocycles. The largest absolute Gasteiger partial charge is 0.491 e. The number of benzene rings is 2. The Morgan fingerprint density at radius 1 is 1.10 bits per heavy atom. The molecule has 1 N–H and O–H groups in total. The second-order valence-corrected chi connectivity index (χ2v) is 5.30. The molecule has 0 fully saturated rings. The van der Waals surface area contributed by atoms with Crippen LogP contribution in [-0.2, 0) is 0 Å². The summed E-state index contributed by atoms with van der Waals surface area (Å²) in [6.45, 7) is 6.13. The van der Waals surface area contributed by atoms with E-state index in [0.717, 1.165) is 28.2 Å². The fourth-order valence-corrected chi connectivity index (χ4v) is 2.25. The first-order valence-electron chi connectivity index (χ1n) is 6.85. The lowest BCUT2D eigenvalue weighted by molar-refractivity contribution is 0.242. The lowest BCUT2D eigenvalue weighted by atomic mass is 10.2. The Bertz CT molecular complexity index is 744. The van der Waals surface area contributed by atoms with Crippen molar-refractivity contribution in [1.29, 1.82) is 0 Å². The van der Waals surface area contributed by atoms with Crippen molar-refractivity contribution in [3.05, 3.63) is 48.0 Å². The molecular weight excluding hydrogens is 248 g/mol. The van der Waals surface area contributed by atoms with Crippen LogP contribution in [0.5, 0.6) is 5.75 Å². The van der Waals surface area contributed by atoms with Gasteiger partial charge in [0.2, 0.25) is 0 Å². The highest BCUT2D eigenvalue weighted by atomic mass is 16.5. The molecule has 0 amide bonds. The van der Waals surface area contributed by atoms with Gasteiger partial charge in [0.1, 0.15) is 11.6 Å². The van der Waals surface area contributed by atoms with Gasteiger partial charge < -0.3 is 9.72 Å². The average molecular weight is 266 g/mol. The van der Waals surface area contributed by atoms with Crippen LogP contribution in [-0.4, -0.2) is 16.1 Å². The van der Waals surface area contributed by atoms with Gasteiger partial charge in [-0.15, -0.1) is 0 Å². The van der Waals surface area contributed by atoms with Gasteiger partial charge in [-0.2, -0.15) is 0 Å². The van der Waals surface area contributed by atoms with Crippen LogP contribution in [0.2, 0.25) is 0 Å². The lowest BCUT2D eigenvalue weighted by Gasteiger charge is -2.10. The standard InChI is InChI=1S/C17H18N2O/c1-11(2)20-14-6-4-5-13(10-14)17-18-15-8-7-12(3)9-16(15)19-17/h4-11H,1-3H3,(H,18,19). The van der Waals surface area contributed by atoms with Gasteiger partial charge in [-0.05, 0) is 50.6 Å². The van der Waals surface area contributed by atoms with E-state index in [4.69, 9.17) is 4.74 Å². The predicted molar refractivity (Wildman–Crippen MR) is 82.0 cm³/mol. The van der Waals surface area contributed by atoms with Crippen LogP contribution in [0, 0.1) is 6.92 Å². The number of ether oxygens (including phenoxy) is 1. The molecule has 3 aromatic rings. The number of aromatic amines is 1. The van der Waals surface area contributed by atoms with Gasteiger partial charge in [0.15, 0.2) is 0 Å². The molecule has 0 atom stereocenters. The molecule has 0 bridgehead atoms. The normalized spacial score (nSPS) is 11.2. The molecule has 1 aromatic heterocycles. The number of aryl methyl sites for hydroxylation is 1. The Balaban J connectivity index is 2.01. The maximum absolute atomic E-state index is 5.73. The Morgan fingerprint density at radius 3 is 2.75 bits per heavy atom. The minimum atomic E-state index is 0.170. The fraction of sp³-hybridized carbons (Fsp3) is 0.235. The van der Waals surface area contributed by atoms with Gasteiger partial charge in [-0.3, -0.25) is 0 Å².